The summed E-state index contributed by atoms with van der Waals surface area (Å²) in [7, 11) is 0. The highest BCUT2D eigenvalue weighted by Gasteiger charge is 2.32. The van der Waals surface area contributed by atoms with Crippen LogP contribution >= 0.6 is 0 Å². The van der Waals surface area contributed by atoms with E-state index in [0.29, 0.717) is 12.5 Å². The number of benzene rings is 1. The summed E-state index contributed by atoms with van der Waals surface area (Å²) in [6.45, 7) is 3.50. The predicted molar refractivity (Wildman–Crippen MR) is 55.8 cm³/mol. The Hall–Kier alpha value is -1.10. The molecular formula is C12H14F4O. The maximum absolute atomic E-state index is 13.1. The smallest absolute Gasteiger partial charge is 0.388 e. The van der Waals surface area contributed by atoms with Gasteiger partial charge in [0.05, 0.1) is 11.7 Å². The standard InChI is InChI=1S/C12H14F4O/c1-3-7(2)11(17)8-4-9(12(14,15)16)6-10(13)5-8/h4-7,11,17H,3H2,1-2H3. The average molecular weight is 250 g/mol. The SMILES string of the molecule is CCC(C)C(O)c1cc(F)cc(C(F)(F)F)c1. The second-order valence-corrected chi connectivity index (χ2v) is 4.10. The first-order chi connectivity index (χ1) is 7.75. The lowest BCUT2D eigenvalue weighted by molar-refractivity contribution is -0.137. The summed E-state index contributed by atoms with van der Waals surface area (Å²) >= 11 is 0. The van der Waals surface area contributed by atoms with Gasteiger partial charge in [-0.25, -0.2) is 4.39 Å². The number of rotatable bonds is 3. The number of alkyl halides is 3. The predicted octanol–water partition coefficient (Wildman–Crippen LogP) is 3.92. The van der Waals surface area contributed by atoms with E-state index in [4.69, 9.17) is 0 Å². The molecule has 1 rings (SSSR count). The normalized spacial score (nSPS) is 15.7. The third kappa shape index (κ3) is 3.43. The Balaban J connectivity index is 3.14. The molecule has 0 aromatic heterocycles. The van der Waals surface area contributed by atoms with Crippen LogP contribution in [0.2, 0.25) is 0 Å². The fraction of sp³-hybridized carbons (Fsp3) is 0.500. The molecule has 2 unspecified atom stereocenters. The highest BCUT2D eigenvalue weighted by Crippen LogP contribution is 2.33. The van der Waals surface area contributed by atoms with E-state index in [9.17, 15) is 22.7 Å². The van der Waals surface area contributed by atoms with Crippen LogP contribution in [0.3, 0.4) is 0 Å². The maximum atomic E-state index is 13.1. The molecule has 1 aromatic carbocycles. The molecule has 5 heteroatoms. The molecule has 0 amide bonds. The van der Waals surface area contributed by atoms with E-state index in [2.05, 4.69) is 0 Å². The summed E-state index contributed by atoms with van der Waals surface area (Å²) in [5, 5.41) is 9.77. The van der Waals surface area contributed by atoms with Crippen molar-refractivity contribution in [1.82, 2.24) is 0 Å². The molecule has 1 aromatic rings. The number of hydrogen-bond donors (Lipinski definition) is 1. The monoisotopic (exact) mass is 250 g/mol. The van der Waals surface area contributed by atoms with Gasteiger partial charge in [0.2, 0.25) is 0 Å². The minimum Gasteiger partial charge on any atom is -0.388 e. The van der Waals surface area contributed by atoms with Gasteiger partial charge < -0.3 is 5.11 Å². The van der Waals surface area contributed by atoms with E-state index in [0.717, 1.165) is 12.1 Å². The highest BCUT2D eigenvalue weighted by molar-refractivity contribution is 5.28. The van der Waals surface area contributed by atoms with Crippen molar-refractivity contribution in [1.29, 1.82) is 0 Å². The maximum Gasteiger partial charge on any atom is 0.416 e. The molecule has 17 heavy (non-hydrogen) atoms. The highest BCUT2D eigenvalue weighted by atomic mass is 19.4. The number of hydrogen-bond acceptors (Lipinski definition) is 1. The topological polar surface area (TPSA) is 20.2 Å². The number of aliphatic hydroxyl groups excluding tert-OH is 1. The van der Waals surface area contributed by atoms with E-state index in [1.54, 1.807) is 13.8 Å². The van der Waals surface area contributed by atoms with E-state index >= 15 is 0 Å². The number of halogens is 4. The second-order valence-electron chi connectivity index (χ2n) is 4.10. The third-order valence-corrected chi connectivity index (χ3v) is 2.77. The van der Waals surface area contributed by atoms with Crippen molar-refractivity contribution in [3.63, 3.8) is 0 Å². The molecular weight excluding hydrogens is 236 g/mol. The fourth-order valence-corrected chi connectivity index (χ4v) is 1.50. The van der Waals surface area contributed by atoms with Crippen LogP contribution in [0.1, 0.15) is 37.5 Å². The van der Waals surface area contributed by atoms with Crippen molar-refractivity contribution >= 4 is 0 Å². The van der Waals surface area contributed by atoms with Crippen molar-refractivity contribution in [2.75, 3.05) is 0 Å². The van der Waals surface area contributed by atoms with E-state index in [1.165, 1.54) is 0 Å². The van der Waals surface area contributed by atoms with Crippen LogP contribution in [0.5, 0.6) is 0 Å². The first-order valence-electron chi connectivity index (χ1n) is 5.31. The van der Waals surface area contributed by atoms with Crippen LogP contribution in [0, 0.1) is 11.7 Å². The molecule has 0 bridgehead atoms. The lowest BCUT2D eigenvalue weighted by atomic mass is 9.94. The van der Waals surface area contributed by atoms with Crippen LogP contribution in [0.15, 0.2) is 18.2 Å². The minimum absolute atomic E-state index is 0.0355. The number of aliphatic hydroxyl groups is 1. The van der Waals surface area contributed by atoms with Crippen LogP contribution < -0.4 is 0 Å². The first kappa shape index (κ1) is 14.0. The lowest BCUT2D eigenvalue weighted by Crippen LogP contribution is -2.12. The third-order valence-electron chi connectivity index (χ3n) is 2.77. The van der Waals surface area contributed by atoms with Gasteiger partial charge in [0, 0.05) is 0 Å². The van der Waals surface area contributed by atoms with Crippen LogP contribution in [0.25, 0.3) is 0 Å². The Morgan fingerprint density at radius 1 is 1.24 bits per heavy atom. The summed E-state index contributed by atoms with van der Waals surface area (Å²) < 4.78 is 50.4. The molecule has 0 radical (unpaired) electrons. The van der Waals surface area contributed by atoms with Gasteiger partial charge >= 0.3 is 6.18 Å². The fourth-order valence-electron chi connectivity index (χ4n) is 1.50. The molecule has 1 N–H and O–H groups in total. The second kappa shape index (κ2) is 5.04. The van der Waals surface area contributed by atoms with Gasteiger partial charge in [0.15, 0.2) is 0 Å². The molecule has 0 saturated carbocycles. The zero-order chi connectivity index (χ0) is 13.2. The van der Waals surface area contributed by atoms with Crippen molar-refractivity contribution in [3.05, 3.63) is 35.1 Å². The average Bonchev–Trinajstić information content (AvgIpc) is 2.25. The van der Waals surface area contributed by atoms with Gasteiger partial charge in [0.25, 0.3) is 0 Å². The van der Waals surface area contributed by atoms with E-state index < -0.39 is 23.7 Å². The summed E-state index contributed by atoms with van der Waals surface area (Å²) in [4.78, 5) is 0. The Labute approximate surface area is 97.1 Å². The zero-order valence-electron chi connectivity index (χ0n) is 9.55. The van der Waals surface area contributed by atoms with E-state index in [1.807, 2.05) is 0 Å². The van der Waals surface area contributed by atoms with Crippen molar-refractivity contribution in [2.24, 2.45) is 5.92 Å². The first-order valence-corrected chi connectivity index (χ1v) is 5.31. The summed E-state index contributed by atoms with van der Waals surface area (Å²) in [6, 6.07) is 2.15. The Morgan fingerprint density at radius 3 is 2.29 bits per heavy atom. The largest absolute Gasteiger partial charge is 0.416 e. The molecule has 0 saturated heterocycles. The molecule has 0 fully saturated rings. The molecule has 96 valence electrons. The Bertz CT molecular complexity index is 387. The van der Waals surface area contributed by atoms with Crippen molar-refractivity contribution in [3.8, 4) is 0 Å². The van der Waals surface area contributed by atoms with Gasteiger partial charge in [-0.2, -0.15) is 13.2 Å². The summed E-state index contributed by atoms with van der Waals surface area (Å²) in [5.74, 6) is -1.21. The molecule has 0 aliphatic heterocycles. The Kier molecular flexibility index (Phi) is 4.14. The van der Waals surface area contributed by atoms with Crippen molar-refractivity contribution < 1.29 is 22.7 Å². The van der Waals surface area contributed by atoms with Gasteiger partial charge in [-0.15, -0.1) is 0 Å². The van der Waals surface area contributed by atoms with Gasteiger partial charge in [0.1, 0.15) is 5.82 Å². The molecule has 2 atom stereocenters. The van der Waals surface area contributed by atoms with Gasteiger partial charge in [-0.3, -0.25) is 0 Å². The molecule has 0 spiro atoms. The molecule has 0 aliphatic carbocycles. The molecule has 1 nitrogen and oxygen atoms in total. The molecule has 0 heterocycles. The van der Waals surface area contributed by atoms with Crippen molar-refractivity contribution in [2.45, 2.75) is 32.5 Å². The van der Waals surface area contributed by atoms with Gasteiger partial charge in [-0.05, 0) is 29.7 Å². The van der Waals surface area contributed by atoms with E-state index in [-0.39, 0.29) is 11.5 Å². The van der Waals surface area contributed by atoms with Gasteiger partial charge in [-0.1, -0.05) is 20.3 Å². The minimum atomic E-state index is -4.61. The van der Waals surface area contributed by atoms with Crippen LogP contribution in [-0.4, -0.2) is 5.11 Å². The Morgan fingerprint density at radius 2 is 1.82 bits per heavy atom. The van der Waals surface area contributed by atoms with Crippen LogP contribution in [-0.2, 0) is 6.18 Å². The summed E-state index contributed by atoms with van der Waals surface area (Å²) in [5.41, 5.74) is -1.11. The zero-order valence-corrected chi connectivity index (χ0v) is 9.55. The summed E-state index contributed by atoms with van der Waals surface area (Å²) in [6.07, 6.45) is -5.10. The molecule has 0 aliphatic rings. The lowest BCUT2D eigenvalue weighted by Gasteiger charge is -2.19. The van der Waals surface area contributed by atoms with Crippen LogP contribution in [0.4, 0.5) is 17.6 Å². The quantitative estimate of drug-likeness (QED) is 0.806.